The highest BCUT2D eigenvalue weighted by molar-refractivity contribution is 8.01. The monoisotopic (exact) mass is 389 g/mol. The van der Waals surface area contributed by atoms with Crippen molar-refractivity contribution in [3.8, 4) is 10.7 Å². The molecule has 0 saturated heterocycles. The van der Waals surface area contributed by atoms with Crippen LogP contribution >= 0.6 is 35.3 Å². The number of thioether (sulfide) groups is 1. The third kappa shape index (κ3) is 3.03. The molecule has 0 spiro atoms. The summed E-state index contributed by atoms with van der Waals surface area (Å²) >= 11 is 8.17. The van der Waals surface area contributed by atoms with Gasteiger partial charge in [-0.3, -0.25) is 9.89 Å². The van der Waals surface area contributed by atoms with Gasteiger partial charge in [-0.1, -0.05) is 29.5 Å². The van der Waals surface area contributed by atoms with E-state index in [4.69, 9.17) is 12.2 Å². The highest BCUT2D eigenvalue weighted by atomic mass is 32.2. The number of nitrogens with one attached hydrogen (secondary N) is 2. The number of carbonyl (C=O) groups excluding carboxylic acids is 1. The number of thiazole rings is 1. The maximum Gasteiger partial charge on any atom is 0.239 e. The zero-order valence-electron chi connectivity index (χ0n) is 13.6. The van der Waals surface area contributed by atoms with Crippen LogP contribution in [0.2, 0.25) is 0 Å². The van der Waals surface area contributed by atoms with E-state index < -0.39 is 0 Å². The van der Waals surface area contributed by atoms with Crippen molar-refractivity contribution in [2.24, 2.45) is 7.05 Å². The van der Waals surface area contributed by atoms with Gasteiger partial charge in [0.15, 0.2) is 15.7 Å². The van der Waals surface area contributed by atoms with Gasteiger partial charge in [0.2, 0.25) is 5.91 Å². The molecule has 25 heavy (non-hydrogen) atoms. The zero-order valence-corrected chi connectivity index (χ0v) is 16.0. The van der Waals surface area contributed by atoms with Gasteiger partial charge >= 0.3 is 0 Å². The molecular weight excluding hydrogens is 374 g/mol. The molecule has 1 atom stereocenters. The lowest BCUT2D eigenvalue weighted by Gasteiger charge is -2.07. The molecule has 128 valence electrons. The summed E-state index contributed by atoms with van der Waals surface area (Å²) in [6.45, 7) is 1.90. The van der Waals surface area contributed by atoms with Crippen LogP contribution in [0.25, 0.3) is 10.7 Å². The molecule has 2 N–H and O–H groups in total. The van der Waals surface area contributed by atoms with Crippen molar-refractivity contribution in [1.29, 1.82) is 0 Å². The Balaban J connectivity index is 1.53. The first-order valence-corrected chi connectivity index (χ1v) is 9.78. The van der Waals surface area contributed by atoms with Crippen molar-refractivity contribution in [1.82, 2.24) is 19.7 Å². The number of hydrogen-bond donors (Lipinski definition) is 2. The molecule has 3 aromatic rings. The van der Waals surface area contributed by atoms with Gasteiger partial charge in [-0.25, -0.2) is 4.98 Å². The topological polar surface area (TPSA) is 75.6 Å². The first-order chi connectivity index (χ1) is 12.0. The second kappa shape index (κ2) is 6.40. The lowest BCUT2D eigenvalue weighted by atomic mass is 10.1. The molecule has 0 bridgehead atoms. The van der Waals surface area contributed by atoms with Crippen LogP contribution in [0.4, 0.5) is 5.13 Å². The fourth-order valence-electron chi connectivity index (χ4n) is 2.72. The second-order valence-electron chi connectivity index (χ2n) is 5.75. The molecule has 4 rings (SSSR count). The number of anilines is 1. The van der Waals surface area contributed by atoms with E-state index in [0.29, 0.717) is 9.90 Å². The third-order valence-electron chi connectivity index (χ3n) is 4.05. The highest BCUT2D eigenvalue weighted by Crippen LogP contribution is 2.38. The molecule has 3 heterocycles. The number of fused-ring (bicyclic) bond motifs is 1. The van der Waals surface area contributed by atoms with Crippen molar-refractivity contribution in [3.05, 3.63) is 40.3 Å². The summed E-state index contributed by atoms with van der Waals surface area (Å²) in [4.78, 5) is 19.2. The van der Waals surface area contributed by atoms with Crippen molar-refractivity contribution >= 4 is 46.4 Å². The predicted molar refractivity (Wildman–Crippen MR) is 103 cm³/mol. The summed E-state index contributed by atoms with van der Waals surface area (Å²) in [5.41, 5.74) is 2.05. The Morgan fingerprint density at radius 1 is 1.44 bits per heavy atom. The Bertz CT molecular complexity index is 994. The SMILES string of the molecule is Cc1nc(NC(=O)[C@@H]2Cc3ccccc3S2)sc1-c1n[nH]c(=S)n1C. The quantitative estimate of drug-likeness (QED) is 0.670. The molecule has 1 aliphatic rings. The Hall–Kier alpha value is -1.97. The smallest absolute Gasteiger partial charge is 0.239 e. The Labute approximate surface area is 157 Å². The molecule has 6 nitrogen and oxygen atoms in total. The van der Waals surface area contributed by atoms with Crippen molar-refractivity contribution in [3.63, 3.8) is 0 Å². The third-order valence-corrected chi connectivity index (χ3v) is 6.80. The molecule has 0 radical (unpaired) electrons. The van der Waals surface area contributed by atoms with Gasteiger partial charge in [0.25, 0.3) is 0 Å². The number of amides is 1. The van der Waals surface area contributed by atoms with E-state index in [2.05, 4.69) is 32.6 Å². The van der Waals surface area contributed by atoms with Crippen LogP contribution in [0, 0.1) is 11.7 Å². The van der Waals surface area contributed by atoms with Crippen molar-refractivity contribution < 1.29 is 4.79 Å². The van der Waals surface area contributed by atoms with Crippen LogP contribution in [-0.2, 0) is 18.3 Å². The van der Waals surface area contributed by atoms with Gasteiger partial charge in [0.1, 0.15) is 0 Å². The predicted octanol–water partition coefficient (Wildman–Crippen LogP) is 3.57. The van der Waals surface area contributed by atoms with Crippen LogP contribution in [0.1, 0.15) is 11.3 Å². The standard InChI is InChI=1S/C16H15N5OS3/c1-8-12(13-19-20-16(23)21(13)2)25-15(17-8)18-14(22)11-7-9-5-3-4-6-10(9)24-11/h3-6,11H,7H2,1-2H3,(H,20,23)(H,17,18,22)/t11-/m0/s1. The van der Waals surface area contributed by atoms with E-state index in [0.717, 1.165) is 22.8 Å². The highest BCUT2D eigenvalue weighted by Gasteiger charge is 2.28. The van der Waals surface area contributed by atoms with Crippen LogP contribution < -0.4 is 5.32 Å². The fraction of sp³-hybridized carbons (Fsp3) is 0.250. The number of H-pyrrole nitrogens is 1. The van der Waals surface area contributed by atoms with E-state index in [1.54, 1.807) is 16.3 Å². The summed E-state index contributed by atoms with van der Waals surface area (Å²) in [6, 6.07) is 8.14. The average molecular weight is 390 g/mol. The van der Waals surface area contributed by atoms with Crippen LogP contribution in [0.3, 0.4) is 0 Å². The van der Waals surface area contributed by atoms with Gasteiger partial charge in [0.05, 0.1) is 15.8 Å². The van der Waals surface area contributed by atoms with E-state index in [1.807, 2.05) is 26.1 Å². The molecule has 1 aromatic carbocycles. The average Bonchev–Trinajstić information content (AvgIpc) is 3.26. The van der Waals surface area contributed by atoms with Crippen LogP contribution in [0.15, 0.2) is 29.2 Å². The van der Waals surface area contributed by atoms with Crippen molar-refractivity contribution in [2.45, 2.75) is 23.5 Å². The number of benzene rings is 1. The summed E-state index contributed by atoms with van der Waals surface area (Å²) < 4.78 is 2.35. The van der Waals surface area contributed by atoms with Crippen LogP contribution in [-0.4, -0.2) is 30.9 Å². The van der Waals surface area contributed by atoms with Crippen molar-refractivity contribution in [2.75, 3.05) is 5.32 Å². The fourth-order valence-corrected chi connectivity index (χ4v) is 5.04. The van der Waals surface area contributed by atoms with E-state index in [1.165, 1.54) is 21.8 Å². The maximum atomic E-state index is 12.6. The first kappa shape index (κ1) is 16.5. The molecular formula is C16H15N5OS3. The van der Waals surface area contributed by atoms with E-state index in [-0.39, 0.29) is 11.2 Å². The number of aromatic nitrogens is 4. The number of rotatable bonds is 3. The Morgan fingerprint density at radius 2 is 2.24 bits per heavy atom. The van der Waals surface area contributed by atoms with Crippen LogP contribution in [0.5, 0.6) is 0 Å². The molecule has 2 aromatic heterocycles. The molecule has 1 aliphatic heterocycles. The minimum absolute atomic E-state index is 0.0168. The molecule has 0 aliphatic carbocycles. The molecule has 0 fully saturated rings. The molecule has 9 heteroatoms. The molecule has 0 saturated carbocycles. The lowest BCUT2D eigenvalue weighted by Crippen LogP contribution is -2.24. The molecule has 1 amide bonds. The normalized spacial score (nSPS) is 16.0. The van der Waals surface area contributed by atoms with E-state index >= 15 is 0 Å². The second-order valence-corrected chi connectivity index (χ2v) is 8.38. The summed E-state index contributed by atoms with van der Waals surface area (Å²) in [7, 11) is 1.85. The zero-order chi connectivity index (χ0) is 17.6. The summed E-state index contributed by atoms with van der Waals surface area (Å²) in [5.74, 6) is 0.708. The van der Waals surface area contributed by atoms with Gasteiger partial charge < -0.3 is 9.88 Å². The molecule has 0 unspecified atom stereocenters. The minimum atomic E-state index is -0.120. The van der Waals surface area contributed by atoms with Gasteiger partial charge in [-0.15, -0.1) is 11.8 Å². The number of carbonyl (C=O) groups is 1. The minimum Gasteiger partial charge on any atom is -0.303 e. The van der Waals surface area contributed by atoms with Gasteiger partial charge in [0, 0.05) is 11.9 Å². The maximum absolute atomic E-state index is 12.6. The van der Waals surface area contributed by atoms with Gasteiger partial charge in [-0.05, 0) is 37.2 Å². The number of hydrogen-bond acceptors (Lipinski definition) is 6. The Morgan fingerprint density at radius 3 is 2.96 bits per heavy atom. The largest absolute Gasteiger partial charge is 0.303 e. The van der Waals surface area contributed by atoms with E-state index in [9.17, 15) is 4.79 Å². The summed E-state index contributed by atoms with van der Waals surface area (Å²) in [5, 5.41) is 10.4. The first-order valence-electron chi connectivity index (χ1n) is 7.67. The number of nitrogens with zero attached hydrogens (tertiary/aromatic N) is 3. The number of aromatic amines is 1. The lowest BCUT2D eigenvalue weighted by molar-refractivity contribution is -0.115. The number of aryl methyl sites for hydroxylation is 1. The Kier molecular flexibility index (Phi) is 4.22. The summed E-state index contributed by atoms with van der Waals surface area (Å²) in [6.07, 6.45) is 0.748. The van der Waals surface area contributed by atoms with Gasteiger partial charge in [-0.2, -0.15) is 5.10 Å².